The number of thiocarbonyl (C=S) groups is 1. The first kappa shape index (κ1) is 16.9. The predicted octanol–water partition coefficient (Wildman–Crippen LogP) is 1.98. The van der Waals surface area contributed by atoms with E-state index in [1.54, 1.807) is 4.90 Å². The van der Waals surface area contributed by atoms with Crippen molar-refractivity contribution in [1.29, 1.82) is 0 Å². The van der Waals surface area contributed by atoms with Crippen molar-refractivity contribution in [2.24, 2.45) is 0 Å². The number of rotatable bonds is 6. The molecule has 1 rings (SSSR count). The fourth-order valence-electron chi connectivity index (χ4n) is 2.38. The van der Waals surface area contributed by atoms with E-state index in [4.69, 9.17) is 12.2 Å². The van der Waals surface area contributed by atoms with Gasteiger partial charge in [0, 0.05) is 5.69 Å². The Kier molecular flexibility index (Phi) is 6.96. The van der Waals surface area contributed by atoms with E-state index in [9.17, 15) is 0 Å². The molecule has 1 aromatic rings. The van der Waals surface area contributed by atoms with Gasteiger partial charge in [-0.15, -0.1) is 0 Å². The molecule has 1 aromatic carbocycles. The van der Waals surface area contributed by atoms with Crippen molar-refractivity contribution in [1.82, 2.24) is 5.32 Å². The van der Waals surface area contributed by atoms with Crippen LogP contribution >= 0.6 is 12.2 Å². The fourth-order valence-corrected chi connectivity index (χ4v) is 2.60. The summed E-state index contributed by atoms with van der Waals surface area (Å²) in [7, 11) is 0. The van der Waals surface area contributed by atoms with Gasteiger partial charge < -0.3 is 15.5 Å². The van der Waals surface area contributed by atoms with Gasteiger partial charge in [0.1, 0.15) is 0 Å². The summed E-state index contributed by atoms with van der Waals surface area (Å²) in [6.07, 6.45) is 0. The van der Waals surface area contributed by atoms with Crippen LogP contribution in [-0.2, 0) is 0 Å². The van der Waals surface area contributed by atoms with Crippen LogP contribution in [0.2, 0.25) is 0 Å². The maximum atomic E-state index is 5.32. The molecule has 0 heterocycles. The van der Waals surface area contributed by atoms with E-state index >= 15 is 0 Å². The topological polar surface area (TPSA) is 28.5 Å². The lowest BCUT2D eigenvalue weighted by atomic mass is 10.2. The van der Waals surface area contributed by atoms with Gasteiger partial charge in [-0.1, -0.05) is 17.7 Å². The standard InChI is InChI=1S/C16H27N3S/c1-12(2)19(13(3)4)11-10-17-16(20)18-15-8-6-14(5)7-9-15/h6-9,12-13H,10-11H2,1-5H3,(H2,17,18,20)/p+1. The summed E-state index contributed by atoms with van der Waals surface area (Å²) in [5, 5.41) is 7.19. The maximum absolute atomic E-state index is 5.32. The molecule has 3 N–H and O–H groups in total. The molecular formula is C16H28N3S+. The predicted molar refractivity (Wildman–Crippen MR) is 91.5 cm³/mol. The molecule has 0 amide bonds. The Labute approximate surface area is 128 Å². The summed E-state index contributed by atoms with van der Waals surface area (Å²) < 4.78 is 0. The molecule has 0 spiro atoms. The first-order chi connectivity index (χ1) is 9.40. The molecule has 0 aliphatic rings. The zero-order valence-corrected chi connectivity index (χ0v) is 14.1. The first-order valence-electron chi connectivity index (χ1n) is 7.37. The highest BCUT2D eigenvalue weighted by Crippen LogP contribution is 2.07. The molecule has 0 saturated heterocycles. The van der Waals surface area contributed by atoms with Gasteiger partial charge in [0.15, 0.2) is 5.11 Å². The molecule has 0 aromatic heterocycles. The average Bonchev–Trinajstić information content (AvgIpc) is 2.36. The summed E-state index contributed by atoms with van der Waals surface area (Å²) in [4.78, 5) is 1.59. The second-order valence-electron chi connectivity index (χ2n) is 5.88. The van der Waals surface area contributed by atoms with Crippen molar-refractivity contribution in [3.05, 3.63) is 29.8 Å². The van der Waals surface area contributed by atoms with Gasteiger partial charge in [-0.25, -0.2) is 0 Å². The normalized spacial score (nSPS) is 11.2. The average molecular weight is 294 g/mol. The van der Waals surface area contributed by atoms with E-state index in [0.717, 1.165) is 18.8 Å². The van der Waals surface area contributed by atoms with E-state index in [-0.39, 0.29) is 0 Å². The highest BCUT2D eigenvalue weighted by Gasteiger charge is 2.16. The summed E-state index contributed by atoms with van der Waals surface area (Å²) in [6.45, 7) is 13.1. The van der Waals surface area contributed by atoms with Gasteiger partial charge in [0.25, 0.3) is 0 Å². The van der Waals surface area contributed by atoms with Crippen molar-refractivity contribution >= 4 is 23.0 Å². The van der Waals surface area contributed by atoms with E-state index in [2.05, 4.69) is 57.4 Å². The van der Waals surface area contributed by atoms with E-state index in [0.29, 0.717) is 17.2 Å². The molecule has 0 bridgehead atoms. The van der Waals surface area contributed by atoms with Crippen LogP contribution in [0.15, 0.2) is 24.3 Å². The summed E-state index contributed by atoms with van der Waals surface area (Å²) in [6, 6.07) is 9.51. The number of anilines is 1. The number of benzene rings is 1. The second-order valence-corrected chi connectivity index (χ2v) is 6.29. The lowest BCUT2D eigenvalue weighted by Crippen LogP contribution is -3.18. The Morgan fingerprint density at radius 2 is 1.65 bits per heavy atom. The number of hydrogen-bond donors (Lipinski definition) is 3. The Hall–Kier alpha value is -1.13. The van der Waals surface area contributed by atoms with Gasteiger partial charge in [-0.2, -0.15) is 0 Å². The van der Waals surface area contributed by atoms with Crippen LogP contribution in [-0.4, -0.2) is 30.3 Å². The van der Waals surface area contributed by atoms with E-state index in [1.807, 2.05) is 12.1 Å². The number of hydrogen-bond acceptors (Lipinski definition) is 1. The third kappa shape index (κ3) is 5.88. The minimum Gasteiger partial charge on any atom is -0.357 e. The van der Waals surface area contributed by atoms with Crippen LogP contribution in [0.25, 0.3) is 0 Å². The van der Waals surface area contributed by atoms with Crippen LogP contribution in [0.4, 0.5) is 5.69 Å². The van der Waals surface area contributed by atoms with Crippen LogP contribution in [0.3, 0.4) is 0 Å². The second kappa shape index (κ2) is 8.22. The fraction of sp³-hybridized carbons (Fsp3) is 0.562. The Bertz CT molecular complexity index is 404. The molecule has 3 nitrogen and oxygen atoms in total. The molecule has 4 heteroatoms. The highest BCUT2D eigenvalue weighted by molar-refractivity contribution is 7.80. The van der Waals surface area contributed by atoms with Gasteiger partial charge in [0.2, 0.25) is 0 Å². The van der Waals surface area contributed by atoms with Crippen molar-refractivity contribution in [2.75, 3.05) is 18.4 Å². The van der Waals surface area contributed by atoms with Crippen LogP contribution in [0.1, 0.15) is 33.3 Å². The summed E-state index contributed by atoms with van der Waals surface area (Å²) >= 11 is 5.32. The quantitative estimate of drug-likeness (QED) is 0.701. The Morgan fingerprint density at radius 3 is 2.15 bits per heavy atom. The summed E-state index contributed by atoms with van der Waals surface area (Å²) in [5.74, 6) is 0. The molecule has 0 aliphatic carbocycles. The molecule has 0 fully saturated rings. The monoisotopic (exact) mass is 294 g/mol. The van der Waals surface area contributed by atoms with Crippen molar-refractivity contribution in [3.8, 4) is 0 Å². The molecular weight excluding hydrogens is 266 g/mol. The number of nitrogens with one attached hydrogen (secondary N) is 3. The molecule has 0 saturated carbocycles. The van der Waals surface area contributed by atoms with Crippen molar-refractivity contribution < 1.29 is 4.90 Å². The van der Waals surface area contributed by atoms with Gasteiger partial charge in [-0.3, -0.25) is 0 Å². The van der Waals surface area contributed by atoms with Crippen LogP contribution in [0, 0.1) is 6.92 Å². The minimum absolute atomic E-state index is 0.635. The van der Waals surface area contributed by atoms with Gasteiger partial charge in [0.05, 0.1) is 25.2 Å². The van der Waals surface area contributed by atoms with E-state index < -0.39 is 0 Å². The zero-order valence-electron chi connectivity index (χ0n) is 13.3. The van der Waals surface area contributed by atoms with Gasteiger partial charge >= 0.3 is 0 Å². The largest absolute Gasteiger partial charge is 0.357 e. The van der Waals surface area contributed by atoms with E-state index in [1.165, 1.54) is 5.56 Å². The Morgan fingerprint density at radius 1 is 1.10 bits per heavy atom. The smallest absolute Gasteiger partial charge is 0.170 e. The molecule has 0 radical (unpaired) electrons. The molecule has 0 aliphatic heterocycles. The van der Waals surface area contributed by atoms with Crippen LogP contribution < -0.4 is 15.5 Å². The summed E-state index contributed by atoms with van der Waals surface area (Å²) in [5.41, 5.74) is 2.28. The number of quaternary nitrogens is 1. The Balaban J connectivity index is 2.34. The van der Waals surface area contributed by atoms with Gasteiger partial charge in [-0.05, 0) is 59.0 Å². The molecule has 112 valence electrons. The van der Waals surface area contributed by atoms with Crippen molar-refractivity contribution in [3.63, 3.8) is 0 Å². The lowest BCUT2D eigenvalue weighted by molar-refractivity contribution is -0.941. The minimum atomic E-state index is 0.635. The number of aryl methyl sites for hydroxylation is 1. The molecule has 0 unspecified atom stereocenters. The first-order valence-corrected chi connectivity index (χ1v) is 7.78. The highest BCUT2D eigenvalue weighted by atomic mass is 32.1. The molecule has 20 heavy (non-hydrogen) atoms. The zero-order chi connectivity index (χ0) is 15.1. The SMILES string of the molecule is Cc1ccc(NC(=S)NCC[NH+](C(C)C)C(C)C)cc1. The maximum Gasteiger partial charge on any atom is 0.170 e. The third-order valence-corrected chi connectivity index (χ3v) is 3.74. The van der Waals surface area contributed by atoms with Crippen molar-refractivity contribution in [2.45, 2.75) is 46.7 Å². The van der Waals surface area contributed by atoms with Crippen LogP contribution in [0.5, 0.6) is 0 Å². The molecule has 0 atom stereocenters. The third-order valence-electron chi connectivity index (χ3n) is 3.49. The lowest BCUT2D eigenvalue weighted by Gasteiger charge is -2.27.